The maximum Gasteiger partial charge on any atom is 0.202 e. The van der Waals surface area contributed by atoms with Gasteiger partial charge >= 0.3 is 0 Å². The zero-order valence-corrected chi connectivity index (χ0v) is 10.9. The molecule has 2 aromatic rings. The van der Waals surface area contributed by atoms with Crippen LogP contribution in [-0.2, 0) is 5.75 Å². The van der Waals surface area contributed by atoms with Gasteiger partial charge in [0.05, 0.1) is 5.75 Å². The maximum atomic E-state index is 4.34. The molecule has 84 valence electrons. The molecule has 0 saturated carbocycles. The van der Waals surface area contributed by atoms with Crippen LogP contribution in [0.25, 0.3) is 0 Å². The highest BCUT2D eigenvalue weighted by atomic mass is 32.2. The molecule has 1 heterocycles. The first-order valence-electron chi connectivity index (χ1n) is 4.98. The Morgan fingerprint density at radius 1 is 1.31 bits per heavy atom. The summed E-state index contributed by atoms with van der Waals surface area (Å²) in [6, 6.07) is 8.50. The molecule has 16 heavy (non-hydrogen) atoms. The van der Waals surface area contributed by atoms with E-state index in [9.17, 15) is 0 Å². The fraction of sp³-hybridized carbons (Fsp3) is 0.273. The molecule has 0 amide bonds. The number of nitrogens with zero attached hydrogens (tertiary/aromatic N) is 2. The molecular formula is C11H13N3S2. The second-order valence-electron chi connectivity index (χ2n) is 3.37. The molecule has 0 radical (unpaired) electrons. The minimum Gasteiger partial charge on any atom is -0.363 e. The number of hydrogen-bond acceptors (Lipinski definition) is 5. The Bertz CT molecular complexity index is 451. The van der Waals surface area contributed by atoms with Gasteiger partial charge in [-0.05, 0) is 19.1 Å². The lowest BCUT2D eigenvalue weighted by Gasteiger charge is -1.99. The number of anilines is 1. The van der Waals surface area contributed by atoms with E-state index in [0.717, 1.165) is 16.7 Å². The van der Waals surface area contributed by atoms with Gasteiger partial charge in [-0.15, -0.1) is 11.8 Å². The van der Waals surface area contributed by atoms with E-state index in [1.54, 1.807) is 11.8 Å². The van der Waals surface area contributed by atoms with Crippen molar-refractivity contribution in [3.8, 4) is 0 Å². The zero-order valence-electron chi connectivity index (χ0n) is 9.23. The summed E-state index contributed by atoms with van der Waals surface area (Å²) in [7, 11) is 1.86. The molecule has 3 nitrogen and oxygen atoms in total. The van der Waals surface area contributed by atoms with Gasteiger partial charge in [0.2, 0.25) is 5.13 Å². The number of hydrogen-bond donors (Lipinski definition) is 1. The van der Waals surface area contributed by atoms with E-state index in [1.807, 2.05) is 7.05 Å². The van der Waals surface area contributed by atoms with Gasteiger partial charge in [0.25, 0.3) is 0 Å². The summed E-state index contributed by atoms with van der Waals surface area (Å²) in [5.41, 5.74) is 1.29. The lowest BCUT2D eigenvalue weighted by Crippen LogP contribution is -1.88. The van der Waals surface area contributed by atoms with Gasteiger partial charge in [-0.1, -0.05) is 17.7 Å². The summed E-state index contributed by atoms with van der Waals surface area (Å²) < 4.78 is 4.27. The Kier molecular flexibility index (Phi) is 3.79. The van der Waals surface area contributed by atoms with E-state index < -0.39 is 0 Å². The molecule has 0 aliphatic heterocycles. The molecule has 5 heteroatoms. The van der Waals surface area contributed by atoms with Gasteiger partial charge in [0, 0.05) is 23.5 Å². The van der Waals surface area contributed by atoms with Crippen molar-refractivity contribution in [2.45, 2.75) is 17.6 Å². The highest BCUT2D eigenvalue weighted by Crippen LogP contribution is 2.23. The van der Waals surface area contributed by atoms with Crippen LogP contribution in [0.4, 0.5) is 5.13 Å². The van der Waals surface area contributed by atoms with Crippen LogP contribution in [0.2, 0.25) is 0 Å². The Hall–Kier alpha value is -1.07. The van der Waals surface area contributed by atoms with Crippen LogP contribution < -0.4 is 5.32 Å². The van der Waals surface area contributed by atoms with Gasteiger partial charge in [-0.3, -0.25) is 0 Å². The Morgan fingerprint density at radius 2 is 2.06 bits per heavy atom. The van der Waals surface area contributed by atoms with Crippen molar-refractivity contribution in [2.24, 2.45) is 0 Å². The van der Waals surface area contributed by atoms with Crippen molar-refractivity contribution in [2.75, 3.05) is 12.4 Å². The number of nitrogens with one attached hydrogen (secondary N) is 1. The maximum absolute atomic E-state index is 4.34. The number of rotatable bonds is 4. The first-order valence-corrected chi connectivity index (χ1v) is 6.73. The number of aryl methyl sites for hydroxylation is 1. The second kappa shape index (κ2) is 5.32. The van der Waals surface area contributed by atoms with Gasteiger partial charge in [-0.2, -0.15) is 4.37 Å². The van der Waals surface area contributed by atoms with Crippen LogP contribution >= 0.6 is 23.3 Å². The largest absolute Gasteiger partial charge is 0.363 e. The number of thioether (sulfide) groups is 1. The van der Waals surface area contributed by atoms with Gasteiger partial charge in [0.15, 0.2) is 5.82 Å². The summed E-state index contributed by atoms with van der Waals surface area (Å²) in [5.74, 6) is 1.71. The smallest absolute Gasteiger partial charge is 0.202 e. The lowest BCUT2D eigenvalue weighted by atomic mass is 10.2. The van der Waals surface area contributed by atoms with Crippen LogP contribution in [0, 0.1) is 6.92 Å². The van der Waals surface area contributed by atoms with Crippen LogP contribution in [0.1, 0.15) is 11.4 Å². The predicted octanol–water partition coefficient (Wildman–Crippen LogP) is 3.18. The molecule has 1 aromatic heterocycles. The van der Waals surface area contributed by atoms with Gasteiger partial charge < -0.3 is 5.32 Å². The highest BCUT2D eigenvalue weighted by molar-refractivity contribution is 7.98. The van der Waals surface area contributed by atoms with E-state index in [0.29, 0.717) is 0 Å². The number of aromatic nitrogens is 2. The molecule has 0 atom stereocenters. The predicted molar refractivity (Wildman–Crippen MR) is 70.2 cm³/mol. The van der Waals surface area contributed by atoms with Gasteiger partial charge in [0.1, 0.15) is 0 Å². The molecule has 0 bridgehead atoms. The third kappa shape index (κ3) is 2.96. The quantitative estimate of drug-likeness (QED) is 0.847. The van der Waals surface area contributed by atoms with E-state index in [4.69, 9.17) is 0 Å². The topological polar surface area (TPSA) is 37.8 Å². The zero-order chi connectivity index (χ0) is 11.4. The average Bonchev–Trinajstić information content (AvgIpc) is 2.76. The molecular weight excluding hydrogens is 238 g/mol. The summed E-state index contributed by atoms with van der Waals surface area (Å²) >= 11 is 3.16. The standard InChI is InChI=1S/C11H13N3S2/c1-8-3-5-9(6-4-8)15-7-10-13-11(12-2)16-14-10/h3-6H,7H2,1-2H3,(H,12,13,14). The van der Waals surface area contributed by atoms with E-state index >= 15 is 0 Å². The highest BCUT2D eigenvalue weighted by Gasteiger charge is 2.02. The fourth-order valence-electron chi connectivity index (χ4n) is 1.20. The molecule has 2 rings (SSSR count). The van der Waals surface area contributed by atoms with Crippen molar-refractivity contribution in [3.05, 3.63) is 35.7 Å². The van der Waals surface area contributed by atoms with Crippen molar-refractivity contribution in [1.82, 2.24) is 9.36 Å². The Morgan fingerprint density at radius 3 is 2.69 bits per heavy atom. The first kappa shape index (κ1) is 11.4. The van der Waals surface area contributed by atoms with Gasteiger partial charge in [-0.25, -0.2) is 4.98 Å². The molecule has 0 aliphatic carbocycles. The third-order valence-corrected chi connectivity index (χ3v) is 3.85. The van der Waals surface area contributed by atoms with Crippen LogP contribution in [0.3, 0.4) is 0 Å². The van der Waals surface area contributed by atoms with E-state index in [2.05, 4.69) is 45.9 Å². The third-order valence-electron chi connectivity index (χ3n) is 2.07. The molecule has 0 saturated heterocycles. The molecule has 1 N–H and O–H groups in total. The summed E-state index contributed by atoms with van der Waals surface area (Å²) in [6.07, 6.45) is 0. The van der Waals surface area contributed by atoms with E-state index in [-0.39, 0.29) is 0 Å². The van der Waals surface area contributed by atoms with E-state index in [1.165, 1.54) is 22.0 Å². The summed E-state index contributed by atoms with van der Waals surface area (Å²) in [6.45, 7) is 2.09. The van der Waals surface area contributed by atoms with Crippen molar-refractivity contribution < 1.29 is 0 Å². The molecule has 0 unspecified atom stereocenters. The van der Waals surface area contributed by atoms with Crippen LogP contribution in [0.15, 0.2) is 29.2 Å². The number of benzene rings is 1. The molecule has 0 fully saturated rings. The molecule has 1 aromatic carbocycles. The average molecular weight is 251 g/mol. The van der Waals surface area contributed by atoms with Crippen LogP contribution in [0.5, 0.6) is 0 Å². The Labute approximate surface area is 103 Å². The molecule has 0 spiro atoms. The monoisotopic (exact) mass is 251 g/mol. The van der Waals surface area contributed by atoms with Crippen LogP contribution in [-0.4, -0.2) is 16.4 Å². The van der Waals surface area contributed by atoms with Crippen molar-refractivity contribution in [3.63, 3.8) is 0 Å². The Balaban J connectivity index is 1.94. The lowest BCUT2D eigenvalue weighted by molar-refractivity contribution is 1.13. The normalized spacial score (nSPS) is 10.4. The fourth-order valence-corrected chi connectivity index (χ4v) is 2.57. The first-order chi connectivity index (χ1) is 7.78. The minimum absolute atomic E-state index is 0.821. The van der Waals surface area contributed by atoms with Crippen molar-refractivity contribution in [1.29, 1.82) is 0 Å². The summed E-state index contributed by atoms with van der Waals surface area (Å²) in [4.78, 5) is 5.59. The SMILES string of the molecule is CNc1nc(CSc2ccc(C)cc2)ns1. The second-order valence-corrected chi connectivity index (χ2v) is 5.17. The molecule has 0 aliphatic rings. The minimum atomic E-state index is 0.821. The summed E-state index contributed by atoms with van der Waals surface area (Å²) in [5, 5.41) is 3.86. The van der Waals surface area contributed by atoms with Crippen molar-refractivity contribution >= 4 is 28.4 Å².